The monoisotopic (exact) mass is 421 g/mol. The average Bonchev–Trinajstić information content (AvgIpc) is 3.26. The van der Waals surface area contributed by atoms with Crippen LogP contribution in [0.15, 0.2) is 88.0 Å². The molecular formula is C22H19N3O4S. The Hall–Kier alpha value is -3.78. The minimum absolute atomic E-state index is 0.0333. The van der Waals surface area contributed by atoms with E-state index in [4.69, 9.17) is 10.2 Å². The molecule has 3 aromatic rings. The predicted molar refractivity (Wildman–Crippen MR) is 116 cm³/mol. The van der Waals surface area contributed by atoms with E-state index in [-0.39, 0.29) is 11.4 Å². The fourth-order valence-corrected chi connectivity index (χ4v) is 3.08. The van der Waals surface area contributed by atoms with Crippen LogP contribution in [0.25, 0.3) is 6.08 Å². The van der Waals surface area contributed by atoms with Crippen molar-refractivity contribution in [2.75, 3.05) is 11.1 Å². The molecule has 2 aromatic carbocycles. The highest BCUT2D eigenvalue weighted by atomic mass is 32.2. The number of carbonyl (C=O) groups excluding carboxylic acids is 3. The molecule has 0 atom stereocenters. The largest absolute Gasteiger partial charge is 0.465 e. The normalized spacial score (nSPS) is 11.0. The number of primary amides is 1. The van der Waals surface area contributed by atoms with Gasteiger partial charge in [-0.25, -0.2) is 0 Å². The van der Waals surface area contributed by atoms with Crippen molar-refractivity contribution in [1.29, 1.82) is 0 Å². The molecule has 3 rings (SSSR count). The van der Waals surface area contributed by atoms with Gasteiger partial charge in [0.2, 0.25) is 5.91 Å². The number of furan rings is 1. The van der Waals surface area contributed by atoms with Crippen molar-refractivity contribution in [3.63, 3.8) is 0 Å². The van der Waals surface area contributed by atoms with E-state index in [1.807, 2.05) is 0 Å². The van der Waals surface area contributed by atoms with Crippen molar-refractivity contribution < 1.29 is 18.8 Å². The minimum atomic E-state index is -0.506. The summed E-state index contributed by atoms with van der Waals surface area (Å²) >= 11 is 1.30. The molecule has 0 spiro atoms. The lowest BCUT2D eigenvalue weighted by Crippen LogP contribution is -2.30. The molecule has 0 fully saturated rings. The molecule has 0 bridgehead atoms. The highest BCUT2D eigenvalue weighted by Crippen LogP contribution is 2.20. The quantitative estimate of drug-likeness (QED) is 0.381. The van der Waals surface area contributed by atoms with Crippen LogP contribution in [0.2, 0.25) is 0 Å². The summed E-state index contributed by atoms with van der Waals surface area (Å²) in [6.45, 7) is 0. The molecule has 3 amide bonds. The van der Waals surface area contributed by atoms with Crippen molar-refractivity contribution >= 4 is 41.2 Å². The maximum atomic E-state index is 12.8. The maximum Gasteiger partial charge on any atom is 0.272 e. The molecule has 0 aliphatic heterocycles. The second kappa shape index (κ2) is 10.1. The third kappa shape index (κ3) is 6.11. The van der Waals surface area contributed by atoms with Gasteiger partial charge in [0.05, 0.1) is 12.0 Å². The number of nitrogens with one attached hydrogen (secondary N) is 2. The Labute approximate surface area is 177 Å². The highest BCUT2D eigenvalue weighted by Gasteiger charge is 2.15. The van der Waals surface area contributed by atoms with Crippen LogP contribution in [0.3, 0.4) is 0 Å². The number of carbonyl (C=O) groups is 3. The number of thioether (sulfide) groups is 1. The van der Waals surface area contributed by atoms with Gasteiger partial charge in [0, 0.05) is 22.2 Å². The first-order valence-electron chi connectivity index (χ1n) is 8.95. The van der Waals surface area contributed by atoms with Gasteiger partial charge in [-0.15, -0.1) is 11.8 Å². The number of benzene rings is 2. The molecule has 0 saturated heterocycles. The zero-order valence-corrected chi connectivity index (χ0v) is 16.6. The SMILES string of the molecule is NC(=O)CSc1ccc(NC(=O)/C(=C/c2ccco2)NC(=O)c2ccccc2)cc1. The summed E-state index contributed by atoms with van der Waals surface area (Å²) in [5, 5.41) is 5.37. The topological polar surface area (TPSA) is 114 Å². The second-order valence-electron chi connectivity index (χ2n) is 6.13. The molecule has 1 aromatic heterocycles. The lowest BCUT2D eigenvalue weighted by molar-refractivity contribution is -0.115. The number of nitrogens with two attached hydrogens (primary N) is 1. The Morgan fingerprint density at radius 3 is 2.33 bits per heavy atom. The molecule has 8 heteroatoms. The van der Waals surface area contributed by atoms with Crippen molar-refractivity contribution in [2.45, 2.75) is 4.90 Å². The minimum Gasteiger partial charge on any atom is -0.465 e. The summed E-state index contributed by atoms with van der Waals surface area (Å²) in [5.41, 5.74) is 6.13. The highest BCUT2D eigenvalue weighted by molar-refractivity contribution is 8.00. The standard InChI is InChI=1S/C22H19N3O4S/c23-20(26)14-30-18-10-8-16(9-11-18)24-22(28)19(13-17-7-4-12-29-17)25-21(27)15-5-2-1-3-6-15/h1-13H,14H2,(H2,23,26)(H,24,28)(H,25,27)/b19-13-. The third-order valence-corrected chi connectivity index (χ3v) is 4.89. The number of anilines is 1. The number of rotatable bonds is 8. The van der Waals surface area contributed by atoms with Crippen LogP contribution in [-0.4, -0.2) is 23.5 Å². The molecule has 0 unspecified atom stereocenters. The van der Waals surface area contributed by atoms with Crippen LogP contribution >= 0.6 is 11.8 Å². The maximum absolute atomic E-state index is 12.8. The van der Waals surface area contributed by atoms with Gasteiger partial charge in [-0.05, 0) is 48.5 Å². The zero-order valence-electron chi connectivity index (χ0n) is 15.8. The first kappa shape index (κ1) is 20.9. The van der Waals surface area contributed by atoms with Gasteiger partial charge in [0.1, 0.15) is 11.5 Å². The van der Waals surface area contributed by atoms with Gasteiger partial charge < -0.3 is 20.8 Å². The average molecular weight is 421 g/mol. The van der Waals surface area contributed by atoms with Crippen LogP contribution in [0, 0.1) is 0 Å². The van der Waals surface area contributed by atoms with Gasteiger partial charge in [-0.2, -0.15) is 0 Å². The summed E-state index contributed by atoms with van der Waals surface area (Å²) in [4.78, 5) is 37.0. The van der Waals surface area contributed by atoms with E-state index in [0.29, 0.717) is 17.0 Å². The second-order valence-corrected chi connectivity index (χ2v) is 7.18. The van der Waals surface area contributed by atoms with E-state index in [0.717, 1.165) is 4.90 Å². The fourth-order valence-electron chi connectivity index (χ4n) is 2.45. The van der Waals surface area contributed by atoms with Crippen LogP contribution in [0.5, 0.6) is 0 Å². The molecule has 4 N–H and O–H groups in total. The summed E-state index contributed by atoms with van der Waals surface area (Å²) in [6, 6.07) is 18.9. The van der Waals surface area contributed by atoms with Crippen LogP contribution in [0.1, 0.15) is 16.1 Å². The molecule has 30 heavy (non-hydrogen) atoms. The number of hydrogen-bond donors (Lipinski definition) is 3. The van der Waals surface area contributed by atoms with Crippen molar-refractivity contribution in [2.24, 2.45) is 5.73 Å². The first-order valence-corrected chi connectivity index (χ1v) is 9.94. The Morgan fingerprint density at radius 1 is 0.967 bits per heavy atom. The smallest absolute Gasteiger partial charge is 0.272 e. The molecule has 0 saturated carbocycles. The van der Waals surface area contributed by atoms with Gasteiger partial charge >= 0.3 is 0 Å². The van der Waals surface area contributed by atoms with Crippen LogP contribution in [0.4, 0.5) is 5.69 Å². The van der Waals surface area contributed by atoms with Gasteiger partial charge in [-0.3, -0.25) is 14.4 Å². The van der Waals surface area contributed by atoms with E-state index < -0.39 is 17.7 Å². The van der Waals surface area contributed by atoms with Crippen molar-refractivity contribution in [3.8, 4) is 0 Å². The molecular weight excluding hydrogens is 402 g/mol. The molecule has 0 radical (unpaired) electrons. The first-order chi connectivity index (χ1) is 14.5. The van der Waals surface area contributed by atoms with Crippen LogP contribution < -0.4 is 16.4 Å². The van der Waals surface area contributed by atoms with Gasteiger partial charge in [0.25, 0.3) is 11.8 Å². The fraction of sp³-hybridized carbons (Fsp3) is 0.0455. The summed E-state index contributed by atoms with van der Waals surface area (Å²) in [5.74, 6) is -0.728. The Morgan fingerprint density at radius 2 is 1.70 bits per heavy atom. The van der Waals surface area contributed by atoms with E-state index in [9.17, 15) is 14.4 Å². The zero-order chi connectivity index (χ0) is 21.3. The van der Waals surface area contributed by atoms with Gasteiger partial charge in [-0.1, -0.05) is 18.2 Å². The predicted octanol–water partition coefficient (Wildman–Crippen LogP) is 3.27. The molecule has 0 aliphatic rings. The lowest BCUT2D eigenvalue weighted by Gasteiger charge is -2.11. The summed E-state index contributed by atoms with van der Waals surface area (Å²) in [7, 11) is 0. The molecule has 152 valence electrons. The Balaban J connectivity index is 1.74. The molecule has 1 heterocycles. The van der Waals surface area contributed by atoms with E-state index in [1.54, 1.807) is 66.7 Å². The van der Waals surface area contributed by atoms with E-state index >= 15 is 0 Å². The van der Waals surface area contributed by atoms with E-state index in [1.165, 1.54) is 24.1 Å². The number of hydrogen-bond acceptors (Lipinski definition) is 5. The molecule has 0 aliphatic carbocycles. The summed E-state index contributed by atoms with van der Waals surface area (Å²) < 4.78 is 5.27. The van der Waals surface area contributed by atoms with E-state index in [2.05, 4.69) is 10.6 Å². The Bertz CT molecular complexity index is 1050. The summed E-state index contributed by atoms with van der Waals surface area (Å²) in [6.07, 6.45) is 2.93. The van der Waals surface area contributed by atoms with Crippen molar-refractivity contribution in [3.05, 3.63) is 90.0 Å². The van der Waals surface area contributed by atoms with Gasteiger partial charge in [0.15, 0.2) is 0 Å². The third-order valence-electron chi connectivity index (χ3n) is 3.85. The van der Waals surface area contributed by atoms with Crippen molar-refractivity contribution in [1.82, 2.24) is 5.32 Å². The lowest BCUT2D eigenvalue weighted by atomic mass is 10.2. The van der Waals surface area contributed by atoms with Crippen LogP contribution in [-0.2, 0) is 9.59 Å². The Kier molecular flexibility index (Phi) is 7.07. The number of amides is 3. The molecule has 7 nitrogen and oxygen atoms in total.